The van der Waals surface area contributed by atoms with Gasteiger partial charge in [-0.25, -0.2) is 9.59 Å². The Morgan fingerprint density at radius 1 is 0.960 bits per heavy atom. The predicted octanol–water partition coefficient (Wildman–Crippen LogP) is 4.86. The van der Waals surface area contributed by atoms with Crippen molar-refractivity contribution >= 4 is 11.9 Å². The van der Waals surface area contributed by atoms with Crippen LogP contribution in [0.4, 0.5) is 0 Å². The smallest absolute Gasteiger partial charge is 0.333 e. The minimum absolute atomic E-state index is 0.0532. The normalized spacial score (nSPS) is 12.6. The molecule has 0 aromatic rings. The van der Waals surface area contributed by atoms with Crippen molar-refractivity contribution in [2.45, 2.75) is 60.3 Å². The summed E-state index contributed by atoms with van der Waals surface area (Å²) in [5, 5.41) is 0. The Labute approximate surface area is 153 Å². The van der Waals surface area contributed by atoms with Crippen LogP contribution in [-0.4, -0.2) is 25.2 Å². The molecule has 0 amide bonds. The second-order valence-electron chi connectivity index (χ2n) is 7.42. The van der Waals surface area contributed by atoms with Crippen molar-refractivity contribution < 1.29 is 19.1 Å². The SMILES string of the molecule is [CH2]CC(C)CC(C)(C)[C](CCOC(=O)C(=C)C)CCOC(=O)C(=C)C. The maximum absolute atomic E-state index is 11.6. The highest BCUT2D eigenvalue weighted by Gasteiger charge is 2.31. The van der Waals surface area contributed by atoms with Crippen LogP contribution in [0.5, 0.6) is 0 Å². The second kappa shape index (κ2) is 11.1. The quantitative estimate of drug-likeness (QED) is 0.373. The molecule has 142 valence electrons. The van der Waals surface area contributed by atoms with Gasteiger partial charge < -0.3 is 9.47 Å². The van der Waals surface area contributed by atoms with Crippen LogP contribution >= 0.6 is 0 Å². The fraction of sp³-hybridized carbons (Fsp3) is 0.619. The van der Waals surface area contributed by atoms with E-state index in [0.717, 1.165) is 12.8 Å². The van der Waals surface area contributed by atoms with E-state index < -0.39 is 0 Å². The van der Waals surface area contributed by atoms with Crippen molar-refractivity contribution in [3.05, 3.63) is 37.1 Å². The van der Waals surface area contributed by atoms with Gasteiger partial charge in [-0.1, -0.05) is 47.3 Å². The lowest BCUT2D eigenvalue weighted by Gasteiger charge is -2.36. The van der Waals surface area contributed by atoms with Crippen molar-refractivity contribution in [3.8, 4) is 0 Å². The van der Waals surface area contributed by atoms with E-state index in [1.54, 1.807) is 13.8 Å². The lowest BCUT2D eigenvalue weighted by Crippen LogP contribution is -2.27. The van der Waals surface area contributed by atoms with Crippen LogP contribution in [0.15, 0.2) is 24.3 Å². The molecule has 0 aliphatic carbocycles. The van der Waals surface area contributed by atoms with Gasteiger partial charge in [0.2, 0.25) is 0 Å². The summed E-state index contributed by atoms with van der Waals surface area (Å²) < 4.78 is 10.5. The van der Waals surface area contributed by atoms with Crippen LogP contribution in [0.25, 0.3) is 0 Å². The first-order valence-corrected chi connectivity index (χ1v) is 8.81. The Morgan fingerprint density at radius 3 is 1.68 bits per heavy atom. The van der Waals surface area contributed by atoms with Gasteiger partial charge in [0.05, 0.1) is 13.2 Å². The van der Waals surface area contributed by atoms with Crippen molar-refractivity contribution in [1.82, 2.24) is 0 Å². The lowest BCUT2D eigenvalue weighted by molar-refractivity contribution is -0.139. The summed E-state index contributed by atoms with van der Waals surface area (Å²) in [6, 6.07) is 0. The van der Waals surface area contributed by atoms with Crippen LogP contribution in [0, 0.1) is 24.2 Å². The number of carbonyl (C=O) groups is 2. The first-order chi connectivity index (χ1) is 11.5. The van der Waals surface area contributed by atoms with Crippen molar-refractivity contribution in [1.29, 1.82) is 0 Å². The number of esters is 2. The molecule has 1 unspecified atom stereocenters. The molecular weight excluding hydrogens is 316 g/mol. The Hall–Kier alpha value is -1.58. The Bertz CT molecular complexity index is 444. The van der Waals surface area contributed by atoms with Gasteiger partial charge in [0.25, 0.3) is 0 Å². The molecular formula is C21H34O4. The first kappa shape index (κ1) is 23.4. The zero-order valence-electron chi connectivity index (χ0n) is 16.6. The number of hydrogen-bond acceptors (Lipinski definition) is 4. The lowest BCUT2D eigenvalue weighted by atomic mass is 9.70. The fourth-order valence-electron chi connectivity index (χ4n) is 2.70. The molecule has 0 N–H and O–H groups in total. The van der Waals surface area contributed by atoms with Gasteiger partial charge in [0.1, 0.15) is 0 Å². The van der Waals surface area contributed by atoms with E-state index in [-0.39, 0.29) is 17.4 Å². The molecule has 2 radical (unpaired) electrons. The molecule has 0 heterocycles. The van der Waals surface area contributed by atoms with E-state index in [9.17, 15) is 9.59 Å². The third kappa shape index (κ3) is 9.47. The highest BCUT2D eigenvalue weighted by Crippen LogP contribution is 2.40. The second-order valence-corrected chi connectivity index (χ2v) is 7.42. The zero-order valence-corrected chi connectivity index (χ0v) is 16.6. The Balaban J connectivity index is 4.79. The fourth-order valence-corrected chi connectivity index (χ4v) is 2.70. The predicted molar refractivity (Wildman–Crippen MR) is 102 cm³/mol. The van der Waals surface area contributed by atoms with Crippen LogP contribution in [0.1, 0.15) is 60.3 Å². The minimum atomic E-state index is -0.378. The molecule has 0 bridgehead atoms. The molecule has 0 aliphatic heterocycles. The number of rotatable bonds is 12. The summed E-state index contributed by atoms with van der Waals surface area (Å²) in [4.78, 5) is 23.1. The minimum Gasteiger partial charge on any atom is -0.462 e. The highest BCUT2D eigenvalue weighted by molar-refractivity contribution is 5.87. The maximum atomic E-state index is 11.6. The van der Waals surface area contributed by atoms with Gasteiger partial charge in [-0.05, 0) is 50.4 Å². The standard InChI is InChI=1S/C21H34O4/c1-9-17(6)14-21(7,8)18(10-12-24-19(22)15(2)3)11-13-25-20(23)16(4)5/h17H,1-2,4,9-14H2,3,5-8H3. The van der Waals surface area contributed by atoms with Gasteiger partial charge in [-0.15, -0.1) is 0 Å². The zero-order chi connectivity index (χ0) is 19.6. The number of carbonyl (C=O) groups excluding carboxylic acids is 2. The molecule has 0 fully saturated rings. The van der Waals surface area contributed by atoms with E-state index in [2.05, 4.69) is 40.9 Å². The monoisotopic (exact) mass is 350 g/mol. The van der Waals surface area contributed by atoms with E-state index >= 15 is 0 Å². The third-order valence-electron chi connectivity index (χ3n) is 4.28. The van der Waals surface area contributed by atoms with E-state index in [0.29, 0.717) is 43.1 Å². The topological polar surface area (TPSA) is 52.6 Å². The average molecular weight is 350 g/mol. The Kier molecular flexibility index (Phi) is 10.4. The van der Waals surface area contributed by atoms with E-state index in [1.807, 2.05) is 0 Å². The van der Waals surface area contributed by atoms with Crippen LogP contribution in [-0.2, 0) is 19.1 Å². The average Bonchev–Trinajstić information content (AvgIpc) is 2.51. The first-order valence-electron chi connectivity index (χ1n) is 8.81. The molecule has 0 rings (SSSR count). The van der Waals surface area contributed by atoms with Gasteiger partial charge in [-0.3, -0.25) is 0 Å². The summed E-state index contributed by atoms with van der Waals surface area (Å²) in [6.45, 7) is 21.5. The van der Waals surface area contributed by atoms with Crippen molar-refractivity contribution in [2.24, 2.45) is 11.3 Å². The van der Waals surface area contributed by atoms with Crippen molar-refractivity contribution in [2.75, 3.05) is 13.2 Å². The van der Waals surface area contributed by atoms with Gasteiger partial charge in [0.15, 0.2) is 0 Å². The molecule has 0 aromatic carbocycles. The van der Waals surface area contributed by atoms with Crippen LogP contribution in [0.2, 0.25) is 0 Å². The highest BCUT2D eigenvalue weighted by atomic mass is 16.5. The molecule has 4 heteroatoms. The van der Waals surface area contributed by atoms with Crippen LogP contribution in [0.3, 0.4) is 0 Å². The summed E-state index contributed by atoms with van der Waals surface area (Å²) >= 11 is 0. The maximum Gasteiger partial charge on any atom is 0.333 e. The van der Waals surface area contributed by atoms with Gasteiger partial charge >= 0.3 is 11.9 Å². The van der Waals surface area contributed by atoms with Crippen molar-refractivity contribution in [3.63, 3.8) is 0 Å². The summed E-state index contributed by atoms with van der Waals surface area (Å²) in [5.74, 6) is 0.951. The molecule has 0 aliphatic rings. The largest absolute Gasteiger partial charge is 0.462 e. The number of ether oxygens (including phenoxy) is 2. The molecule has 4 nitrogen and oxygen atoms in total. The van der Waals surface area contributed by atoms with E-state index in [4.69, 9.17) is 9.47 Å². The third-order valence-corrected chi connectivity index (χ3v) is 4.28. The molecule has 1 atom stereocenters. The van der Waals surface area contributed by atoms with E-state index in [1.165, 1.54) is 5.92 Å². The Morgan fingerprint density at radius 2 is 1.36 bits per heavy atom. The van der Waals surface area contributed by atoms with Gasteiger partial charge in [0, 0.05) is 11.1 Å². The molecule has 0 spiro atoms. The summed E-state index contributed by atoms with van der Waals surface area (Å²) in [5.41, 5.74) is 0.728. The molecule has 0 saturated heterocycles. The summed E-state index contributed by atoms with van der Waals surface area (Å²) in [7, 11) is 0. The molecule has 0 saturated carbocycles. The van der Waals surface area contributed by atoms with Gasteiger partial charge in [-0.2, -0.15) is 0 Å². The summed E-state index contributed by atoms with van der Waals surface area (Å²) in [6.07, 6.45) is 3.13. The van der Waals surface area contributed by atoms with Crippen LogP contribution < -0.4 is 0 Å². The number of hydrogen-bond donors (Lipinski definition) is 0. The molecule has 25 heavy (non-hydrogen) atoms. The molecule has 0 aromatic heterocycles.